The maximum Gasteiger partial charge on any atom is 0.256 e. The fourth-order valence-electron chi connectivity index (χ4n) is 4.42. The first-order valence-electron chi connectivity index (χ1n) is 9.84. The fraction of sp³-hybridized carbons (Fsp3) is 0.429. The van der Waals surface area contributed by atoms with Crippen LogP contribution in [0.15, 0.2) is 36.7 Å². The second-order valence-corrected chi connectivity index (χ2v) is 7.54. The molecule has 2 aromatic heterocycles. The first-order chi connectivity index (χ1) is 13.7. The van der Waals surface area contributed by atoms with Gasteiger partial charge in [-0.3, -0.25) is 4.79 Å². The van der Waals surface area contributed by atoms with Crippen molar-refractivity contribution >= 4 is 17.1 Å². The molecule has 0 bridgehead atoms. The SMILES string of the molecule is Cn1nc(C2CCN(C(=O)[C@@H]3OCCc4ccccc43)CC2)c2nccnc21. The van der Waals surface area contributed by atoms with E-state index in [-0.39, 0.29) is 5.91 Å². The molecule has 7 heteroatoms. The van der Waals surface area contributed by atoms with E-state index in [0.29, 0.717) is 25.6 Å². The smallest absolute Gasteiger partial charge is 0.256 e. The quantitative estimate of drug-likeness (QED) is 0.686. The van der Waals surface area contributed by atoms with Crippen LogP contribution in [0.5, 0.6) is 0 Å². The molecule has 1 amide bonds. The van der Waals surface area contributed by atoms with Crippen LogP contribution in [0.25, 0.3) is 11.2 Å². The zero-order valence-corrected chi connectivity index (χ0v) is 15.9. The second kappa shape index (κ2) is 6.98. The number of hydrogen-bond acceptors (Lipinski definition) is 5. The summed E-state index contributed by atoms with van der Waals surface area (Å²) in [5.74, 6) is 0.375. The number of aryl methyl sites for hydroxylation is 1. The number of ether oxygens (including phenoxy) is 1. The standard InChI is InChI=1S/C21H23N5O2/c1-25-20-18(22-9-10-23-20)17(24-25)15-6-11-26(12-7-15)21(27)19-16-5-3-2-4-14(16)8-13-28-19/h2-5,9-10,15,19H,6-8,11-13H2,1H3/t19-/m1/s1. The fourth-order valence-corrected chi connectivity index (χ4v) is 4.42. The van der Waals surface area contributed by atoms with Crippen LogP contribution in [0.1, 0.15) is 41.7 Å². The maximum atomic E-state index is 13.1. The Morgan fingerprint density at radius 1 is 1.14 bits per heavy atom. The largest absolute Gasteiger partial charge is 0.363 e. The minimum Gasteiger partial charge on any atom is -0.363 e. The van der Waals surface area contributed by atoms with E-state index in [9.17, 15) is 4.79 Å². The molecule has 4 heterocycles. The predicted octanol–water partition coefficient (Wildman–Crippen LogP) is 2.38. The highest BCUT2D eigenvalue weighted by Crippen LogP contribution is 2.33. The Morgan fingerprint density at radius 2 is 1.93 bits per heavy atom. The summed E-state index contributed by atoms with van der Waals surface area (Å²) in [6.07, 6.45) is 5.56. The summed E-state index contributed by atoms with van der Waals surface area (Å²) < 4.78 is 7.66. The molecular weight excluding hydrogens is 354 g/mol. The topological polar surface area (TPSA) is 73.1 Å². The molecule has 1 atom stereocenters. The van der Waals surface area contributed by atoms with Gasteiger partial charge >= 0.3 is 0 Å². The summed E-state index contributed by atoms with van der Waals surface area (Å²) in [5.41, 5.74) is 4.92. The summed E-state index contributed by atoms with van der Waals surface area (Å²) in [5, 5.41) is 4.67. The van der Waals surface area contributed by atoms with Gasteiger partial charge in [0.1, 0.15) is 5.52 Å². The molecule has 0 aliphatic carbocycles. The van der Waals surface area contributed by atoms with Crippen LogP contribution in [0.2, 0.25) is 0 Å². The van der Waals surface area contributed by atoms with Gasteiger partial charge in [0, 0.05) is 38.4 Å². The molecule has 7 nitrogen and oxygen atoms in total. The molecule has 0 unspecified atom stereocenters. The van der Waals surface area contributed by atoms with Crippen LogP contribution in [0, 0.1) is 0 Å². The number of carbonyl (C=O) groups is 1. The minimum absolute atomic E-state index is 0.0799. The molecule has 0 spiro atoms. The molecule has 144 valence electrons. The Balaban J connectivity index is 1.32. The molecule has 28 heavy (non-hydrogen) atoms. The van der Waals surface area contributed by atoms with Crippen molar-refractivity contribution in [2.45, 2.75) is 31.3 Å². The molecule has 0 radical (unpaired) electrons. The summed E-state index contributed by atoms with van der Waals surface area (Å²) >= 11 is 0. The van der Waals surface area contributed by atoms with Crippen LogP contribution >= 0.6 is 0 Å². The zero-order chi connectivity index (χ0) is 19.1. The van der Waals surface area contributed by atoms with Crippen molar-refractivity contribution in [1.29, 1.82) is 0 Å². The molecule has 1 aromatic carbocycles. The Morgan fingerprint density at radius 3 is 2.79 bits per heavy atom. The average molecular weight is 377 g/mol. The second-order valence-electron chi connectivity index (χ2n) is 7.54. The molecule has 5 rings (SSSR count). The van der Waals surface area contributed by atoms with Crippen molar-refractivity contribution in [2.75, 3.05) is 19.7 Å². The van der Waals surface area contributed by atoms with Crippen LogP contribution in [-0.4, -0.2) is 50.3 Å². The Kier molecular flexibility index (Phi) is 4.31. The molecule has 0 saturated carbocycles. The van der Waals surface area contributed by atoms with Gasteiger partial charge in [0.15, 0.2) is 11.8 Å². The van der Waals surface area contributed by atoms with Gasteiger partial charge < -0.3 is 9.64 Å². The zero-order valence-electron chi connectivity index (χ0n) is 15.9. The van der Waals surface area contributed by atoms with E-state index < -0.39 is 6.10 Å². The number of nitrogens with zero attached hydrogens (tertiary/aromatic N) is 5. The van der Waals surface area contributed by atoms with Crippen LogP contribution in [0.4, 0.5) is 0 Å². The van der Waals surface area contributed by atoms with Gasteiger partial charge in [-0.2, -0.15) is 5.10 Å². The molecule has 2 aliphatic rings. The first kappa shape index (κ1) is 17.3. The van der Waals surface area contributed by atoms with E-state index >= 15 is 0 Å². The van der Waals surface area contributed by atoms with Crippen LogP contribution in [-0.2, 0) is 23.0 Å². The van der Waals surface area contributed by atoms with E-state index in [1.54, 1.807) is 17.1 Å². The Labute approximate surface area is 163 Å². The van der Waals surface area contributed by atoms with Crippen molar-refractivity contribution < 1.29 is 9.53 Å². The van der Waals surface area contributed by atoms with Crippen molar-refractivity contribution in [1.82, 2.24) is 24.6 Å². The number of piperidine rings is 1. The van der Waals surface area contributed by atoms with Gasteiger partial charge in [0.25, 0.3) is 5.91 Å². The van der Waals surface area contributed by atoms with Crippen molar-refractivity contribution in [3.05, 3.63) is 53.5 Å². The highest BCUT2D eigenvalue weighted by Gasteiger charge is 2.34. The third kappa shape index (κ3) is 2.86. The lowest BCUT2D eigenvalue weighted by molar-refractivity contribution is -0.146. The summed E-state index contributed by atoms with van der Waals surface area (Å²) in [7, 11) is 1.90. The van der Waals surface area contributed by atoms with E-state index in [1.807, 2.05) is 30.1 Å². The number of hydrogen-bond donors (Lipinski definition) is 0. The predicted molar refractivity (Wildman–Crippen MR) is 104 cm³/mol. The number of rotatable bonds is 2. The third-order valence-corrected chi connectivity index (χ3v) is 5.90. The molecule has 0 N–H and O–H groups in total. The van der Waals surface area contributed by atoms with Gasteiger partial charge in [-0.05, 0) is 30.4 Å². The van der Waals surface area contributed by atoms with Gasteiger partial charge in [-0.1, -0.05) is 24.3 Å². The Hall–Kier alpha value is -2.80. The number of aromatic nitrogens is 4. The monoisotopic (exact) mass is 377 g/mol. The summed E-state index contributed by atoms with van der Waals surface area (Å²) in [4.78, 5) is 23.9. The average Bonchev–Trinajstić information content (AvgIpc) is 3.10. The lowest BCUT2D eigenvalue weighted by atomic mass is 9.91. The third-order valence-electron chi connectivity index (χ3n) is 5.90. The lowest BCUT2D eigenvalue weighted by Crippen LogP contribution is -2.42. The Bertz CT molecular complexity index is 1020. The van der Waals surface area contributed by atoms with Gasteiger partial charge in [-0.25, -0.2) is 14.6 Å². The van der Waals surface area contributed by atoms with E-state index in [2.05, 4.69) is 21.1 Å². The molecule has 1 saturated heterocycles. The summed E-state index contributed by atoms with van der Waals surface area (Å²) in [6, 6.07) is 8.12. The van der Waals surface area contributed by atoms with Gasteiger partial charge in [0.05, 0.1) is 12.3 Å². The van der Waals surface area contributed by atoms with Gasteiger partial charge in [0.2, 0.25) is 0 Å². The molecule has 2 aliphatic heterocycles. The van der Waals surface area contributed by atoms with E-state index in [1.165, 1.54) is 5.56 Å². The maximum absolute atomic E-state index is 13.1. The number of fused-ring (bicyclic) bond motifs is 2. The molecule has 1 fully saturated rings. The lowest BCUT2D eigenvalue weighted by Gasteiger charge is -2.35. The number of carbonyl (C=O) groups excluding carboxylic acids is 1. The highest BCUT2D eigenvalue weighted by atomic mass is 16.5. The van der Waals surface area contributed by atoms with Crippen LogP contribution < -0.4 is 0 Å². The van der Waals surface area contributed by atoms with E-state index in [0.717, 1.165) is 41.7 Å². The first-order valence-corrected chi connectivity index (χ1v) is 9.84. The molecular formula is C21H23N5O2. The minimum atomic E-state index is -0.469. The van der Waals surface area contributed by atoms with Crippen molar-refractivity contribution in [3.63, 3.8) is 0 Å². The number of amides is 1. The van der Waals surface area contributed by atoms with Gasteiger partial charge in [-0.15, -0.1) is 0 Å². The number of likely N-dealkylation sites (tertiary alicyclic amines) is 1. The van der Waals surface area contributed by atoms with E-state index in [4.69, 9.17) is 4.74 Å². The normalized spacial score (nSPS) is 20.3. The van der Waals surface area contributed by atoms with Crippen LogP contribution in [0.3, 0.4) is 0 Å². The van der Waals surface area contributed by atoms with Crippen molar-refractivity contribution in [3.8, 4) is 0 Å². The highest BCUT2D eigenvalue weighted by molar-refractivity contribution is 5.83. The van der Waals surface area contributed by atoms with Crippen molar-refractivity contribution in [2.24, 2.45) is 7.05 Å². The summed E-state index contributed by atoms with van der Waals surface area (Å²) in [6.45, 7) is 2.02. The number of benzene rings is 1. The molecule has 3 aromatic rings.